The van der Waals surface area contributed by atoms with E-state index in [1.165, 1.54) is 16.5 Å². The van der Waals surface area contributed by atoms with Gasteiger partial charge in [0.05, 0.1) is 24.8 Å². The molecule has 4 aromatic rings. The Labute approximate surface area is 185 Å². The van der Waals surface area contributed by atoms with Gasteiger partial charge < -0.3 is 24.8 Å². The molecule has 6 heteroatoms. The smallest absolute Gasteiger partial charge is 0.339 e. The van der Waals surface area contributed by atoms with Gasteiger partial charge >= 0.3 is 5.97 Å². The van der Waals surface area contributed by atoms with E-state index in [0.717, 1.165) is 46.9 Å². The van der Waals surface area contributed by atoms with Crippen molar-refractivity contribution in [2.45, 2.75) is 32.4 Å². The fourth-order valence-electron chi connectivity index (χ4n) is 5.30. The molecule has 1 unspecified atom stereocenters. The Kier molecular flexibility index (Phi) is 4.36. The first kappa shape index (κ1) is 19.2. The summed E-state index contributed by atoms with van der Waals surface area (Å²) in [5, 5.41) is 1.19. The number of para-hydroxylation sites is 1. The predicted molar refractivity (Wildman–Crippen MR) is 122 cm³/mol. The van der Waals surface area contributed by atoms with Crippen LogP contribution in [0.4, 0.5) is 0 Å². The lowest BCUT2D eigenvalue weighted by Gasteiger charge is -2.30. The van der Waals surface area contributed by atoms with Crippen LogP contribution in [-0.2, 0) is 24.1 Å². The van der Waals surface area contributed by atoms with E-state index in [0.29, 0.717) is 25.1 Å². The maximum atomic E-state index is 12.9. The van der Waals surface area contributed by atoms with Gasteiger partial charge in [0.15, 0.2) is 0 Å². The fraction of sp³-hybridized carbons (Fsp3) is 0.269. The minimum atomic E-state index is -0.291. The van der Waals surface area contributed by atoms with Crippen LogP contribution in [0.5, 0.6) is 5.75 Å². The summed E-state index contributed by atoms with van der Waals surface area (Å²) in [5.41, 5.74) is 14.5. The summed E-state index contributed by atoms with van der Waals surface area (Å²) in [4.78, 5) is 16.5. The average molecular weight is 428 g/mol. The number of fused-ring (bicyclic) bond motifs is 5. The number of ether oxygens (including phenoxy) is 2. The van der Waals surface area contributed by atoms with Crippen LogP contribution in [0, 0.1) is 0 Å². The molecular weight excluding hydrogens is 402 g/mol. The Morgan fingerprint density at radius 1 is 1.25 bits per heavy atom. The number of benzene rings is 2. The van der Waals surface area contributed by atoms with E-state index in [4.69, 9.17) is 15.2 Å². The number of hydrogen-bond donors (Lipinski definition) is 2. The van der Waals surface area contributed by atoms with Gasteiger partial charge in [0.25, 0.3) is 0 Å². The van der Waals surface area contributed by atoms with Gasteiger partial charge in [0.1, 0.15) is 5.75 Å². The van der Waals surface area contributed by atoms with Gasteiger partial charge in [0, 0.05) is 47.4 Å². The molecule has 0 radical (unpaired) electrons. The second-order valence-electron chi connectivity index (χ2n) is 8.40. The number of aromatic amines is 1. The summed E-state index contributed by atoms with van der Waals surface area (Å²) in [5.74, 6) is 0.667. The molecule has 6 rings (SSSR count). The lowest BCUT2D eigenvalue weighted by Crippen LogP contribution is -2.25. The van der Waals surface area contributed by atoms with E-state index in [2.05, 4.69) is 45.9 Å². The Hall–Kier alpha value is -3.51. The third kappa shape index (κ3) is 2.72. The van der Waals surface area contributed by atoms with Gasteiger partial charge in [-0.25, -0.2) is 4.79 Å². The summed E-state index contributed by atoms with van der Waals surface area (Å²) in [7, 11) is 0. The molecule has 2 aliphatic rings. The molecule has 1 atom stereocenters. The van der Waals surface area contributed by atoms with Crippen LogP contribution in [0.15, 0.2) is 48.5 Å². The number of nitrogens with two attached hydrogens (primary N) is 1. The van der Waals surface area contributed by atoms with Crippen LogP contribution in [0.25, 0.3) is 10.9 Å². The molecule has 0 amide bonds. The molecule has 6 nitrogen and oxygen atoms in total. The molecule has 162 valence electrons. The quantitative estimate of drug-likeness (QED) is 0.424. The molecular formula is C26H25N3O3. The highest BCUT2D eigenvalue weighted by Crippen LogP contribution is 2.43. The van der Waals surface area contributed by atoms with Crippen molar-refractivity contribution in [2.75, 3.05) is 13.2 Å². The number of rotatable bonds is 4. The van der Waals surface area contributed by atoms with Crippen molar-refractivity contribution in [3.63, 3.8) is 0 Å². The van der Waals surface area contributed by atoms with Crippen molar-refractivity contribution in [2.24, 2.45) is 5.73 Å². The van der Waals surface area contributed by atoms with E-state index < -0.39 is 0 Å². The van der Waals surface area contributed by atoms with Crippen LogP contribution in [0.1, 0.15) is 57.1 Å². The van der Waals surface area contributed by atoms with Crippen LogP contribution in [-0.4, -0.2) is 28.7 Å². The lowest BCUT2D eigenvalue weighted by atomic mass is 9.91. The van der Waals surface area contributed by atoms with E-state index in [-0.39, 0.29) is 12.0 Å². The zero-order chi connectivity index (χ0) is 21.8. The highest BCUT2D eigenvalue weighted by molar-refractivity contribution is 5.93. The number of nitrogens with zero attached hydrogens (tertiary/aromatic N) is 1. The maximum absolute atomic E-state index is 12.9. The fourth-order valence-corrected chi connectivity index (χ4v) is 5.30. The van der Waals surface area contributed by atoms with Crippen molar-refractivity contribution < 1.29 is 14.3 Å². The van der Waals surface area contributed by atoms with Crippen molar-refractivity contribution in [3.8, 4) is 5.75 Å². The molecule has 0 spiro atoms. The number of carbonyl (C=O) groups excluding carboxylic acids is 1. The molecule has 0 fully saturated rings. The first-order valence-corrected chi connectivity index (χ1v) is 11.1. The molecule has 2 aliphatic heterocycles. The Bertz CT molecular complexity index is 1360. The third-order valence-electron chi connectivity index (χ3n) is 6.68. The predicted octanol–water partition coefficient (Wildman–Crippen LogP) is 4.08. The Morgan fingerprint density at radius 2 is 2.12 bits per heavy atom. The van der Waals surface area contributed by atoms with Crippen molar-refractivity contribution in [1.82, 2.24) is 9.55 Å². The topological polar surface area (TPSA) is 82.3 Å². The van der Waals surface area contributed by atoms with Gasteiger partial charge in [0.2, 0.25) is 0 Å². The Balaban J connectivity index is 1.62. The number of aromatic nitrogens is 2. The van der Waals surface area contributed by atoms with Crippen LogP contribution in [0.2, 0.25) is 0 Å². The van der Waals surface area contributed by atoms with Crippen LogP contribution < -0.4 is 10.5 Å². The monoisotopic (exact) mass is 427 g/mol. The molecule has 4 heterocycles. The average Bonchev–Trinajstić information content (AvgIpc) is 3.52. The highest BCUT2D eigenvalue weighted by Gasteiger charge is 2.35. The maximum Gasteiger partial charge on any atom is 0.339 e. The third-order valence-corrected chi connectivity index (χ3v) is 6.68. The van der Waals surface area contributed by atoms with Gasteiger partial charge in [-0.2, -0.15) is 0 Å². The minimum Gasteiger partial charge on any atom is -0.493 e. The van der Waals surface area contributed by atoms with Crippen molar-refractivity contribution in [3.05, 3.63) is 87.9 Å². The molecule has 0 bridgehead atoms. The molecule has 3 N–H and O–H groups in total. The van der Waals surface area contributed by atoms with E-state index in [9.17, 15) is 4.79 Å². The molecule has 2 aromatic carbocycles. The van der Waals surface area contributed by atoms with Gasteiger partial charge in [-0.3, -0.25) is 0 Å². The minimum absolute atomic E-state index is 0.103. The molecule has 32 heavy (non-hydrogen) atoms. The van der Waals surface area contributed by atoms with Crippen LogP contribution in [0.3, 0.4) is 0 Å². The SMILES string of the molecule is CCOC(=O)c1cc(CN)n2c1Cc1c([nH]c3ccccc13)C2c1ccc2c(c1)CCO2. The molecule has 2 aromatic heterocycles. The summed E-state index contributed by atoms with van der Waals surface area (Å²) in [6.07, 6.45) is 1.56. The number of carbonyl (C=O) groups is 1. The van der Waals surface area contributed by atoms with E-state index in [1.807, 2.05) is 19.1 Å². The van der Waals surface area contributed by atoms with Crippen molar-refractivity contribution in [1.29, 1.82) is 0 Å². The summed E-state index contributed by atoms with van der Waals surface area (Å²) in [6, 6.07) is 16.6. The Morgan fingerprint density at radius 3 is 2.97 bits per heavy atom. The van der Waals surface area contributed by atoms with E-state index >= 15 is 0 Å². The summed E-state index contributed by atoms with van der Waals surface area (Å²) in [6.45, 7) is 3.23. The molecule has 0 aliphatic carbocycles. The largest absolute Gasteiger partial charge is 0.493 e. The normalized spacial score (nSPS) is 16.4. The molecule has 0 saturated carbocycles. The van der Waals surface area contributed by atoms with Crippen molar-refractivity contribution >= 4 is 16.9 Å². The van der Waals surface area contributed by atoms with Gasteiger partial charge in [-0.1, -0.05) is 24.3 Å². The summed E-state index contributed by atoms with van der Waals surface area (Å²) >= 11 is 0. The van der Waals surface area contributed by atoms with Gasteiger partial charge in [-0.05, 0) is 47.9 Å². The first-order valence-electron chi connectivity index (χ1n) is 11.1. The number of hydrogen-bond acceptors (Lipinski definition) is 4. The second-order valence-corrected chi connectivity index (χ2v) is 8.40. The van der Waals surface area contributed by atoms with Crippen LogP contribution >= 0.6 is 0 Å². The zero-order valence-corrected chi connectivity index (χ0v) is 18.0. The number of esters is 1. The second kappa shape index (κ2) is 7.28. The lowest BCUT2D eigenvalue weighted by molar-refractivity contribution is 0.0525. The molecule has 0 saturated heterocycles. The first-order chi connectivity index (χ1) is 15.7. The number of nitrogens with one attached hydrogen (secondary N) is 1. The van der Waals surface area contributed by atoms with Gasteiger partial charge in [-0.15, -0.1) is 0 Å². The number of H-pyrrole nitrogens is 1. The summed E-state index contributed by atoms with van der Waals surface area (Å²) < 4.78 is 13.4. The highest BCUT2D eigenvalue weighted by atomic mass is 16.5. The zero-order valence-electron chi connectivity index (χ0n) is 18.0. The van der Waals surface area contributed by atoms with E-state index in [1.54, 1.807) is 0 Å². The standard InChI is InChI=1S/C26H25N3O3/c1-2-31-26(30)20-12-17(14-27)29-22(20)13-19-18-5-3-4-6-21(18)28-24(19)25(29)16-7-8-23-15(11-16)9-10-32-23/h3-8,11-12,25,28H,2,9-10,13-14,27H2,1H3.